The van der Waals surface area contributed by atoms with Crippen LogP contribution in [-0.2, 0) is 5.41 Å². The van der Waals surface area contributed by atoms with E-state index in [1.54, 1.807) is 12.1 Å². The van der Waals surface area contributed by atoms with Crippen LogP contribution < -0.4 is 5.73 Å². The first-order valence-electron chi connectivity index (χ1n) is 4.69. The molecule has 0 aliphatic carbocycles. The molecule has 0 saturated heterocycles. The van der Waals surface area contributed by atoms with Crippen molar-refractivity contribution in [2.24, 2.45) is 5.73 Å². The van der Waals surface area contributed by atoms with Crippen molar-refractivity contribution < 1.29 is 9.50 Å². The summed E-state index contributed by atoms with van der Waals surface area (Å²) in [6.45, 7) is 2.50. The summed E-state index contributed by atoms with van der Waals surface area (Å²) < 4.78 is 12.7. The number of benzene rings is 1. The first-order chi connectivity index (χ1) is 6.62. The second-order valence-corrected chi connectivity index (χ2v) is 3.75. The van der Waals surface area contributed by atoms with E-state index in [9.17, 15) is 4.39 Å². The SMILES string of the molecule is CC(CN)(CCO)c1ccc(F)cc1. The molecule has 0 radical (unpaired) electrons. The lowest BCUT2D eigenvalue weighted by atomic mass is 9.80. The molecule has 1 unspecified atom stereocenters. The highest BCUT2D eigenvalue weighted by Crippen LogP contribution is 2.26. The maximum absolute atomic E-state index is 12.7. The Balaban J connectivity index is 2.94. The van der Waals surface area contributed by atoms with E-state index >= 15 is 0 Å². The van der Waals surface area contributed by atoms with Gasteiger partial charge in [0.2, 0.25) is 0 Å². The maximum Gasteiger partial charge on any atom is 0.123 e. The fraction of sp³-hybridized carbons (Fsp3) is 0.455. The van der Waals surface area contributed by atoms with Crippen molar-refractivity contribution in [3.8, 4) is 0 Å². The lowest BCUT2D eigenvalue weighted by molar-refractivity contribution is 0.247. The third-order valence-electron chi connectivity index (χ3n) is 2.66. The van der Waals surface area contributed by atoms with Crippen molar-refractivity contribution in [1.82, 2.24) is 0 Å². The molecule has 0 fully saturated rings. The Kier molecular flexibility index (Phi) is 3.61. The molecular weight excluding hydrogens is 181 g/mol. The Morgan fingerprint density at radius 2 is 1.93 bits per heavy atom. The van der Waals surface area contributed by atoms with Gasteiger partial charge in [-0.25, -0.2) is 4.39 Å². The third kappa shape index (κ3) is 2.30. The molecule has 1 rings (SSSR count). The molecule has 0 aromatic heterocycles. The van der Waals surface area contributed by atoms with E-state index in [4.69, 9.17) is 10.8 Å². The number of rotatable bonds is 4. The largest absolute Gasteiger partial charge is 0.396 e. The van der Waals surface area contributed by atoms with Gasteiger partial charge in [0.05, 0.1) is 0 Å². The lowest BCUT2D eigenvalue weighted by Crippen LogP contribution is -2.32. The lowest BCUT2D eigenvalue weighted by Gasteiger charge is -2.27. The van der Waals surface area contributed by atoms with Gasteiger partial charge in [-0.3, -0.25) is 0 Å². The number of halogens is 1. The zero-order valence-electron chi connectivity index (χ0n) is 8.33. The number of hydrogen-bond donors (Lipinski definition) is 2. The van der Waals surface area contributed by atoms with Crippen molar-refractivity contribution in [1.29, 1.82) is 0 Å². The van der Waals surface area contributed by atoms with E-state index in [1.807, 2.05) is 6.92 Å². The molecule has 0 spiro atoms. The second-order valence-electron chi connectivity index (χ2n) is 3.75. The molecule has 1 aromatic rings. The van der Waals surface area contributed by atoms with Gasteiger partial charge in [0.1, 0.15) is 5.82 Å². The van der Waals surface area contributed by atoms with Gasteiger partial charge >= 0.3 is 0 Å². The summed E-state index contributed by atoms with van der Waals surface area (Å²) in [6.07, 6.45) is 0.592. The van der Waals surface area contributed by atoms with Crippen LogP contribution in [0.5, 0.6) is 0 Å². The average molecular weight is 197 g/mol. The zero-order valence-corrected chi connectivity index (χ0v) is 8.33. The minimum absolute atomic E-state index is 0.0884. The van der Waals surface area contributed by atoms with Gasteiger partial charge in [0.15, 0.2) is 0 Å². The first kappa shape index (κ1) is 11.1. The van der Waals surface area contributed by atoms with Crippen molar-refractivity contribution in [3.63, 3.8) is 0 Å². The Labute approximate surface area is 83.6 Å². The normalized spacial score (nSPS) is 15.1. The molecule has 3 N–H and O–H groups in total. The number of aliphatic hydroxyl groups is 1. The minimum Gasteiger partial charge on any atom is -0.396 e. The van der Waals surface area contributed by atoms with Crippen LogP contribution in [0.25, 0.3) is 0 Å². The maximum atomic E-state index is 12.7. The van der Waals surface area contributed by atoms with Gasteiger partial charge in [-0.2, -0.15) is 0 Å². The summed E-state index contributed by atoms with van der Waals surface area (Å²) in [5.41, 5.74) is 6.36. The fourth-order valence-corrected chi connectivity index (χ4v) is 1.46. The smallest absolute Gasteiger partial charge is 0.123 e. The van der Waals surface area contributed by atoms with E-state index in [0.29, 0.717) is 13.0 Å². The van der Waals surface area contributed by atoms with Gasteiger partial charge < -0.3 is 10.8 Å². The summed E-state index contributed by atoms with van der Waals surface area (Å²) in [7, 11) is 0. The van der Waals surface area contributed by atoms with Crippen LogP contribution >= 0.6 is 0 Å². The van der Waals surface area contributed by atoms with Gasteiger partial charge in [0, 0.05) is 18.6 Å². The highest BCUT2D eigenvalue weighted by atomic mass is 19.1. The van der Waals surface area contributed by atoms with Crippen LogP contribution in [0.1, 0.15) is 18.9 Å². The Morgan fingerprint density at radius 1 is 1.36 bits per heavy atom. The molecule has 0 saturated carbocycles. The second kappa shape index (κ2) is 4.53. The van der Waals surface area contributed by atoms with Crippen molar-refractivity contribution in [2.75, 3.05) is 13.2 Å². The molecule has 0 bridgehead atoms. The van der Waals surface area contributed by atoms with Crippen LogP contribution in [0.3, 0.4) is 0 Å². The summed E-state index contributed by atoms with van der Waals surface area (Å²) >= 11 is 0. The molecule has 0 aliphatic rings. The Bertz CT molecular complexity index is 286. The van der Waals surface area contributed by atoms with E-state index < -0.39 is 0 Å². The molecule has 78 valence electrons. The minimum atomic E-state index is -0.261. The molecule has 1 aromatic carbocycles. The van der Waals surface area contributed by atoms with E-state index in [1.165, 1.54) is 12.1 Å². The monoisotopic (exact) mass is 197 g/mol. The Morgan fingerprint density at radius 3 is 2.36 bits per heavy atom. The van der Waals surface area contributed by atoms with E-state index in [-0.39, 0.29) is 17.8 Å². The molecule has 3 heteroatoms. The molecule has 0 aliphatic heterocycles. The highest BCUT2D eigenvalue weighted by molar-refractivity contribution is 5.25. The average Bonchev–Trinajstić information content (AvgIpc) is 2.19. The number of nitrogens with two attached hydrogens (primary N) is 1. The summed E-state index contributed by atoms with van der Waals surface area (Å²) in [5.74, 6) is -0.253. The predicted octanol–water partition coefficient (Wildman–Crippen LogP) is 1.42. The standard InChI is InChI=1S/C11H16FNO/c1-11(8-13,6-7-14)9-2-4-10(12)5-3-9/h2-5,14H,6-8,13H2,1H3. The van der Waals surface area contributed by atoms with Crippen molar-refractivity contribution in [3.05, 3.63) is 35.6 Å². The van der Waals surface area contributed by atoms with Crippen LogP contribution in [0.2, 0.25) is 0 Å². The van der Waals surface area contributed by atoms with Crippen molar-refractivity contribution in [2.45, 2.75) is 18.8 Å². The Hall–Kier alpha value is -0.930. The predicted molar refractivity (Wildman–Crippen MR) is 54.5 cm³/mol. The topological polar surface area (TPSA) is 46.2 Å². The molecule has 2 nitrogen and oxygen atoms in total. The number of aliphatic hydroxyl groups excluding tert-OH is 1. The van der Waals surface area contributed by atoms with Crippen LogP contribution in [-0.4, -0.2) is 18.3 Å². The van der Waals surface area contributed by atoms with Gasteiger partial charge in [0.25, 0.3) is 0 Å². The van der Waals surface area contributed by atoms with Gasteiger partial charge in [-0.15, -0.1) is 0 Å². The molecule has 0 amide bonds. The third-order valence-corrected chi connectivity index (χ3v) is 2.66. The summed E-state index contributed by atoms with van der Waals surface area (Å²) in [4.78, 5) is 0. The van der Waals surface area contributed by atoms with Crippen LogP contribution in [0, 0.1) is 5.82 Å². The molecule has 0 heterocycles. The molecule has 1 atom stereocenters. The molecule has 14 heavy (non-hydrogen) atoms. The number of hydrogen-bond acceptors (Lipinski definition) is 2. The van der Waals surface area contributed by atoms with E-state index in [0.717, 1.165) is 5.56 Å². The first-order valence-corrected chi connectivity index (χ1v) is 4.69. The highest BCUT2D eigenvalue weighted by Gasteiger charge is 2.23. The summed E-state index contributed by atoms with van der Waals surface area (Å²) in [6, 6.07) is 6.27. The fourth-order valence-electron chi connectivity index (χ4n) is 1.46. The van der Waals surface area contributed by atoms with Crippen LogP contribution in [0.4, 0.5) is 4.39 Å². The zero-order chi connectivity index (χ0) is 10.6. The summed E-state index contributed by atoms with van der Waals surface area (Å²) in [5, 5.41) is 8.92. The van der Waals surface area contributed by atoms with Crippen LogP contribution in [0.15, 0.2) is 24.3 Å². The quantitative estimate of drug-likeness (QED) is 0.767. The van der Waals surface area contributed by atoms with Gasteiger partial charge in [-0.1, -0.05) is 19.1 Å². The van der Waals surface area contributed by atoms with Crippen molar-refractivity contribution >= 4 is 0 Å². The van der Waals surface area contributed by atoms with Gasteiger partial charge in [-0.05, 0) is 24.1 Å². The molecular formula is C11H16FNO. The van der Waals surface area contributed by atoms with E-state index in [2.05, 4.69) is 0 Å².